The lowest BCUT2D eigenvalue weighted by Gasteiger charge is -2.69. The lowest BCUT2D eigenvalue weighted by molar-refractivity contribution is -0.327. The molecule has 0 spiro atoms. The molecule has 4 aliphatic rings. The summed E-state index contributed by atoms with van der Waals surface area (Å²) >= 11 is 0. The van der Waals surface area contributed by atoms with Crippen molar-refractivity contribution in [3.63, 3.8) is 0 Å². The van der Waals surface area contributed by atoms with Crippen molar-refractivity contribution in [1.82, 2.24) is 0 Å². The average molecular weight is 449 g/mol. The SMILES string of the molecule is CC1=C2C(C)C(=O)C3(C)C(C)CC4OCC4(O)C3C(C)C(O[SiH](C)C)(CC1C)C2(C)C. The lowest BCUT2D eigenvalue weighted by atomic mass is 9.40. The van der Waals surface area contributed by atoms with Gasteiger partial charge in [-0.2, -0.15) is 0 Å². The molecule has 4 rings (SSSR count). The number of fused-ring (bicyclic) bond motifs is 5. The largest absolute Gasteiger partial charge is 0.414 e. The standard InChI is InChI=1S/C26H44O4Si/c1-14-12-26(30-31(9)10)18(5)21-24(8,15(2)11-19-25(21,28)13-29-19)22(27)17(4)20(16(14)3)23(26,6)7/h14-15,17-19,21,28,31H,11-13H2,1-10H3. The smallest absolute Gasteiger partial charge is 0.171 e. The van der Waals surface area contributed by atoms with Gasteiger partial charge in [-0.15, -0.1) is 0 Å². The van der Waals surface area contributed by atoms with E-state index in [1.807, 2.05) is 0 Å². The second-order valence-corrected chi connectivity index (χ2v) is 14.8. The highest BCUT2D eigenvalue weighted by molar-refractivity contribution is 6.48. The van der Waals surface area contributed by atoms with Crippen LogP contribution in [0.15, 0.2) is 11.1 Å². The molecule has 176 valence electrons. The molecule has 5 heteroatoms. The van der Waals surface area contributed by atoms with E-state index < -0.39 is 25.7 Å². The summed E-state index contributed by atoms with van der Waals surface area (Å²) in [6, 6.07) is 0. The number of carbonyl (C=O) groups is 1. The van der Waals surface area contributed by atoms with Crippen molar-refractivity contribution in [2.24, 2.45) is 40.4 Å². The summed E-state index contributed by atoms with van der Waals surface area (Å²) in [6.45, 7) is 22.7. The molecule has 3 fully saturated rings. The molecule has 0 aromatic rings. The molecule has 4 nitrogen and oxygen atoms in total. The van der Waals surface area contributed by atoms with Crippen LogP contribution >= 0.6 is 0 Å². The van der Waals surface area contributed by atoms with E-state index in [0.717, 1.165) is 12.8 Å². The number of aliphatic hydroxyl groups is 1. The molecule has 0 amide bonds. The highest BCUT2D eigenvalue weighted by atomic mass is 28.3. The van der Waals surface area contributed by atoms with Gasteiger partial charge in [0.25, 0.3) is 0 Å². The highest BCUT2D eigenvalue weighted by Gasteiger charge is 2.73. The second-order valence-electron chi connectivity index (χ2n) is 12.4. The van der Waals surface area contributed by atoms with Gasteiger partial charge < -0.3 is 14.3 Å². The number of rotatable bonds is 2. The number of Topliss-reactive ketones (excluding diaryl/α,β-unsaturated/α-hetero) is 1. The van der Waals surface area contributed by atoms with E-state index >= 15 is 0 Å². The summed E-state index contributed by atoms with van der Waals surface area (Å²) in [6.07, 6.45) is 1.53. The Bertz CT molecular complexity index is 818. The van der Waals surface area contributed by atoms with Gasteiger partial charge in [0.15, 0.2) is 9.04 Å². The zero-order chi connectivity index (χ0) is 23.3. The van der Waals surface area contributed by atoms with E-state index in [-0.39, 0.29) is 35.2 Å². The Morgan fingerprint density at radius 3 is 2.26 bits per heavy atom. The average Bonchev–Trinajstić information content (AvgIpc) is 2.66. The van der Waals surface area contributed by atoms with Crippen LogP contribution < -0.4 is 0 Å². The summed E-state index contributed by atoms with van der Waals surface area (Å²) in [5.74, 6) is 0.539. The first-order chi connectivity index (χ1) is 14.2. The molecule has 1 aliphatic heterocycles. The Hall–Kier alpha value is -0.493. The molecule has 1 heterocycles. The van der Waals surface area contributed by atoms with E-state index in [9.17, 15) is 9.90 Å². The number of hydrogen-bond acceptors (Lipinski definition) is 4. The summed E-state index contributed by atoms with van der Waals surface area (Å²) in [7, 11) is -1.41. The highest BCUT2D eigenvalue weighted by Crippen LogP contribution is 2.67. The minimum Gasteiger partial charge on any atom is -0.414 e. The maximum absolute atomic E-state index is 14.4. The molecule has 31 heavy (non-hydrogen) atoms. The van der Waals surface area contributed by atoms with E-state index in [1.165, 1.54) is 11.1 Å². The third-order valence-corrected chi connectivity index (χ3v) is 11.3. The maximum Gasteiger partial charge on any atom is 0.171 e. The molecular weight excluding hydrogens is 404 g/mol. The summed E-state index contributed by atoms with van der Waals surface area (Å²) in [4.78, 5) is 14.4. The van der Waals surface area contributed by atoms with Crippen LogP contribution in [0.5, 0.6) is 0 Å². The molecule has 2 saturated carbocycles. The zero-order valence-corrected chi connectivity index (χ0v) is 22.5. The maximum atomic E-state index is 14.4. The van der Waals surface area contributed by atoms with Gasteiger partial charge in [-0.3, -0.25) is 4.79 Å². The van der Waals surface area contributed by atoms with Gasteiger partial charge in [-0.25, -0.2) is 0 Å². The fourth-order valence-electron chi connectivity index (χ4n) is 8.75. The Morgan fingerprint density at radius 2 is 1.74 bits per heavy atom. The van der Waals surface area contributed by atoms with Gasteiger partial charge in [0, 0.05) is 22.7 Å². The minimum absolute atomic E-state index is 0.0450. The molecule has 0 radical (unpaired) electrons. The van der Waals surface area contributed by atoms with Gasteiger partial charge in [0.05, 0.1) is 18.3 Å². The monoisotopic (exact) mass is 448 g/mol. The number of allylic oxidation sites excluding steroid dienone is 1. The first-order valence-corrected chi connectivity index (χ1v) is 15.2. The number of ether oxygens (including phenoxy) is 1. The van der Waals surface area contributed by atoms with Crippen molar-refractivity contribution in [1.29, 1.82) is 0 Å². The van der Waals surface area contributed by atoms with E-state index in [4.69, 9.17) is 9.16 Å². The van der Waals surface area contributed by atoms with Gasteiger partial charge in [-0.05, 0) is 50.6 Å². The lowest BCUT2D eigenvalue weighted by Crippen LogP contribution is -2.77. The Morgan fingerprint density at radius 1 is 1.13 bits per heavy atom. The fourth-order valence-corrected chi connectivity index (χ4v) is 10.2. The summed E-state index contributed by atoms with van der Waals surface area (Å²) < 4.78 is 13.0. The van der Waals surface area contributed by atoms with Crippen LogP contribution in [0, 0.1) is 40.4 Å². The van der Waals surface area contributed by atoms with Crippen LogP contribution in [0.25, 0.3) is 0 Å². The Kier molecular flexibility index (Phi) is 5.35. The van der Waals surface area contributed by atoms with Crippen molar-refractivity contribution in [2.45, 2.75) is 98.6 Å². The second kappa shape index (κ2) is 7.01. The summed E-state index contributed by atoms with van der Waals surface area (Å²) in [5, 5.41) is 12.0. The number of hydrogen-bond donors (Lipinski definition) is 1. The van der Waals surface area contributed by atoms with Crippen molar-refractivity contribution in [3.05, 3.63) is 11.1 Å². The Labute approximate surface area is 190 Å². The molecule has 9 atom stereocenters. The third kappa shape index (κ3) is 2.73. The van der Waals surface area contributed by atoms with Crippen LogP contribution in [0.1, 0.15) is 68.2 Å². The zero-order valence-electron chi connectivity index (χ0n) is 21.3. The first kappa shape index (κ1) is 23.7. The molecule has 1 N–H and O–H groups in total. The van der Waals surface area contributed by atoms with Crippen LogP contribution in [0.4, 0.5) is 0 Å². The van der Waals surface area contributed by atoms with Crippen LogP contribution in [-0.2, 0) is 14.0 Å². The van der Waals surface area contributed by atoms with E-state index in [1.54, 1.807) is 0 Å². The molecule has 3 aliphatic carbocycles. The Balaban J connectivity index is 2.04. The molecular formula is C26H44O4Si. The normalized spacial score (nSPS) is 51.5. The number of carbonyl (C=O) groups excluding carboxylic acids is 1. The van der Waals surface area contributed by atoms with Crippen molar-refractivity contribution in [2.75, 3.05) is 6.61 Å². The molecule has 0 aromatic heterocycles. The summed E-state index contributed by atoms with van der Waals surface area (Å²) in [5.41, 5.74) is 0.464. The van der Waals surface area contributed by atoms with Crippen LogP contribution in [0.2, 0.25) is 13.1 Å². The van der Waals surface area contributed by atoms with Gasteiger partial charge in [0.1, 0.15) is 11.4 Å². The molecule has 2 bridgehead atoms. The molecule has 0 aromatic carbocycles. The topological polar surface area (TPSA) is 55.8 Å². The first-order valence-electron chi connectivity index (χ1n) is 12.4. The number of ketones is 1. The van der Waals surface area contributed by atoms with Crippen molar-refractivity contribution in [3.8, 4) is 0 Å². The molecule has 1 saturated heterocycles. The van der Waals surface area contributed by atoms with Gasteiger partial charge in [-0.1, -0.05) is 59.6 Å². The van der Waals surface area contributed by atoms with E-state index in [2.05, 4.69) is 68.5 Å². The minimum atomic E-state index is -1.41. The van der Waals surface area contributed by atoms with Crippen LogP contribution in [-0.4, -0.2) is 43.8 Å². The molecule has 9 unspecified atom stereocenters. The van der Waals surface area contributed by atoms with Gasteiger partial charge in [0.2, 0.25) is 0 Å². The fraction of sp³-hybridized carbons (Fsp3) is 0.885. The van der Waals surface area contributed by atoms with Crippen molar-refractivity contribution >= 4 is 14.8 Å². The van der Waals surface area contributed by atoms with Crippen molar-refractivity contribution < 1.29 is 19.1 Å². The predicted molar refractivity (Wildman–Crippen MR) is 126 cm³/mol. The van der Waals surface area contributed by atoms with E-state index in [0.29, 0.717) is 18.3 Å². The quantitative estimate of drug-likeness (QED) is 0.489. The van der Waals surface area contributed by atoms with Gasteiger partial charge >= 0.3 is 0 Å². The van der Waals surface area contributed by atoms with Crippen LogP contribution in [0.3, 0.4) is 0 Å². The third-order valence-electron chi connectivity index (χ3n) is 10.4. The predicted octanol–water partition coefficient (Wildman–Crippen LogP) is 4.75.